The van der Waals surface area contributed by atoms with Crippen molar-refractivity contribution >= 4 is 16.5 Å². The van der Waals surface area contributed by atoms with Crippen LogP contribution in [-0.2, 0) is 13.6 Å². The molecule has 2 rings (SSSR count). The number of nitrogens with one attached hydrogen (secondary N) is 1. The van der Waals surface area contributed by atoms with Crippen LogP contribution in [0.4, 0.5) is 5.13 Å². The van der Waals surface area contributed by atoms with Crippen LogP contribution in [0, 0.1) is 0 Å². The van der Waals surface area contributed by atoms with E-state index < -0.39 is 0 Å². The molecule has 0 saturated carbocycles. The Hall–Kier alpha value is -1.70. The normalized spacial score (nSPS) is 10.6. The zero-order chi connectivity index (χ0) is 11.5. The third-order valence-electron chi connectivity index (χ3n) is 1.97. The van der Waals surface area contributed by atoms with Crippen molar-refractivity contribution in [1.82, 2.24) is 24.5 Å². The zero-order valence-corrected chi connectivity index (χ0v) is 9.86. The maximum atomic E-state index is 11.5. The predicted octanol–water partition coefficient (Wildman–Crippen LogP) is -0.0866. The van der Waals surface area contributed by atoms with E-state index in [0.29, 0.717) is 6.54 Å². The quantitative estimate of drug-likeness (QED) is 0.808. The highest BCUT2D eigenvalue weighted by Crippen LogP contribution is 2.14. The Morgan fingerprint density at radius 3 is 2.94 bits per heavy atom. The summed E-state index contributed by atoms with van der Waals surface area (Å²) >= 11 is 1.43. The van der Waals surface area contributed by atoms with Crippen molar-refractivity contribution in [2.45, 2.75) is 13.5 Å². The molecule has 2 heterocycles. The summed E-state index contributed by atoms with van der Waals surface area (Å²) in [6.07, 6.45) is 1.48. The molecule has 0 atom stereocenters. The smallest absolute Gasteiger partial charge is 0.345 e. The van der Waals surface area contributed by atoms with E-state index in [0.717, 1.165) is 16.7 Å². The Labute approximate surface area is 95.7 Å². The lowest BCUT2D eigenvalue weighted by atomic mass is 10.7. The molecule has 0 aliphatic rings. The van der Waals surface area contributed by atoms with Gasteiger partial charge in [-0.15, -0.1) is 10.2 Å². The third kappa shape index (κ3) is 2.11. The van der Waals surface area contributed by atoms with Gasteiger partial charge in [0.05, 0.1) is 0 Å². The number of aryl methyl sites for hydroxylation is 1. The molecule has 0 radical (unpaired) electrons. The molecule has 0 amide bonds. The van der Waals surface area contributed by atoms with Crippen molar-refractivity contribution in [3.8, 4) is 0 Å². The first-order chi connectivity index (χ1) is 7.70. The Morgan fingerprint density at radius 2 is 2.31 bits per heavy atom. The summed E-state index contributed by atoms with van der Waals surface area (Å²) in [7, 11) is 1.66. The topological polar surface area (TPSA) is 77.6 Å². The van der Waals surface area contributed by atoms with E-state index >= 15 is 0 Å². The molecule has 1 N–H and O–H groups in total. The molecule has 8 heteroatoms. The van der Waals surface area contributed by atoms with Gasteiger partial charge in [-0.05, 0) is 6.92 Å². The molecule has 0 saturated heterocycles. The average molecular weight is 240 g/mol. The Balaban J connectivity index is 2.14. The van der Waals surface area contributed by atoms with Crippen molar-refractivity contribution in [3.05, 3.63) is 21.8 Å². The van der Waals surface area contributed by atoms with Gasteiger partial charge in [-0.2, -0.15) is 5.10 Å². The molecule has 16 heavy (non-hydrogen) atoms. The number of aromatic nitrogens is 5. The van der Waals surface area contributed by atoms with Gasteiger partial charge in [-0.25, -0.2) is 9.48 Å². The van der Waals surface area contributed by atoms with Crippen LogP contribution < -0.4 is 11.0 Å². The zero-order valence-electron chi connectivity index (χ0n) is 9.04. The van der Waals surface area contributed by atoms with Crippen LogP contribution in [0.3, 0.4) is 0 Å². The van der Waals surface area contributed by atoms with Gasteiger partial charge < -0.3 is 5.32 Å². The van der Waals surface area contributed by atoms with Gasteiger partial charge in [0.25, 0.3) is 0 Å². The molecule has 0 unspecified atom stereocenters. The summed E-state index contributed by atoms with van der Waals surface area (Å²) in [5, 5.41) is 16.5. The molecule has 2 aromatic heterocycles. The summed E-state index contributed by atoms with van der Waals surface area (Å²) in [5.74, 6) is 0. The van der Waals surface area contributed by atoms with Gasteiger partial charge in [0, 0.05) is 13.6 Å². The van der Waals surface area contributed by atoms with Gasteiger partial charge in [0.1, 0.15) is 17.9 Å². The fraction of sp³-hybridized carbons (Fsp3) is 0.500. The number of anilines is 1. The monoisotopic (exact) mass is 240 g/mol. The highest BCUT2D eigenvalue weighted by atomic mass is 32.1. The van der Waals surface area contributed by atoms with Gasteiger partial charge in [0.2, 0.25) is 5.13 Å². The molecule has 0 spiro atoms. The summed E-state index contributed by atoms with van der Waals surface area (Å²) in [4.78, 5) is 11.5. The fourth-order valence-corrected chi connectivity index (χ4v) is 1.99. The lowest BCUT2D eigenvalue weighted by Gasteiger charge is -1.93. The lowest BCUT2D eigenvalue weighted by Crippen LogP contribution is -2.23. The molecular formula is C8H12N6OS. The molecule has 7 nitrogen and oxygen atoms in total. The number of hydrogen-bond donors (Lipinski definition) is 1. The van der Waals surface area contributed by atoms with Crippen LogP contribution in [0.25, 0.3) is 0 Å². The third-order valence-corrected chi connectivity index (χ3v) is 2.83. The number of hydrogen-bond acceptors (Lipinski definition) is 6. The van der Waals surface area contributed by atoms with Gasteiger partial charge >= 0.3 is 5.69 Å². The maximum Gasteiger partial charge on any atom is 0.345 e. The van der Waals surface area contributed by atoms with Crippen LogP contribution in [0.5, 0.6) is 0 Å². The first-order valence-corrected chi connectivity index (χ1v) is 5.67. The summed E-state index contributed by atoms with van der Waals surface area (Å²) in [6, 6.07) is 0. The average Bonchev–Trinajstić information content (AvgIpc) is 2.82. The second-order valence-corrected chi connectivity index (χ2v) is 4.28. The van der Waals surface area contributed by atoms with E-state index in [1.54, 1.807) is 7.05 Å². The van der Waals surface area contributed by atoms with Crippen molar-refractivity contribution in [3.63, 3.8) is 0 Å². The van der Waals surface area contributed by atoms with Crippen LogP contribution in [-0.4, -0.2) is 31.1 Å². The van der Waals surface area contributed by atoms with Crippen molar-refractivity contribution < 1.29 is 0 Å². The molecule has 0 aromatic carbocycles. The van der Waals surface area contributed by atoms with E-state index in [1.165, 1.54) is 26.9 Å². The summed E-state index contributed by atoms with van der Waals surface area (Å²) < 4.78 is 2.78. The number of rotatable bonds is 4. The highest BCUT2D eigenvalue weighted by Gasteiger charge is 2.07. The van der Waals surface area contributed by atoms with Gasteiger partial charge in [-0.3, -0.25) is 4.57 Å². The molecule has 86 valence electrons. The second-order valence-electron chi connectivity index (χ2n) is 3.21. The van der Waals surface area contributed by atoms with E-state index in [2.05, 4.69) is 20.6 Å². The van der Waals surface area contributed by atoms with Crippen molar-refractivity contribution in [2.24, 2.45) is 7.05 Å². The first kappa shape index (κ1) is 10.8. The molecule has 0 aliphatic carbocycles. The van der Waals surface area contributed by atoms with Crippen molar-refractivity contribution in [2.75, 3.05) is 11.9 Å². The van der Waals surface area contributed by atoms with Crippen LogP contribution >= 0.6 is 11.3 Å². The minimum Gasteiger partial charge on any atom is -0.360 e. The largest absolute Gasteiger partial charge is 0.360 e. The van der Waals surface area contributed by atoms with Crippen molar-refractivity contribution in [1.29, 1.82) is 0 Å². The SMILES string of the molecule is CCNc1nnc(Cn2ncn(C)c2=O)s1. The Bertz CT molecular complexity index is 527. The molecule has 0 bridgehead atoms. The maximum absolute atomic E-state index is 11.5. The fourth-order valence-electron chi connectivity index (χ4n) is 1.20. The number of nitrogens with zero attached hydrogens (tertiary/aromatic N) is 5. The van der Waals surface area contributed by atoms with E-state index in [-0.39, 0.29) is 5.69 Å². The molecule has 0 fully saturated rings. The van der Waals surface area contributed by atoms with Crippen LogP contribution in [0.2, 0.25) is 0 Å². The Kier molecular flexibility index (Phi) is 3.00. The second kappa shape index (κ2) is 4.44. The highest BCUT2D eigenvalue weighted by molar-refractivity contribution is 7.15. The van der Waals surface area contributed by atoms with Crippen LogP contribution in [0.15, 0.2) is 11.1 Å². The summed E-state index contributed by atoms with van der Waals surface area (Å²) in [5.41, 5.74) is -0.153. The molecule has 0 aliphatic heterocycles. The first-order valence-electron chi connectivity index (χ1n) is 4.85. The molecular weight excluding hydrogens is 228 g/mol. The predicted molar refractivity (Wildman–Crippen MR) is 60.6 cm³/mol. The Morgan fingerprint density at radius 1 is 1.50 bits per heavy atom. The van der Waals surface area contributed by atoms with Crippen LogP contribution in [0.1, 0.15) is 11.9 Å². The molecule has 2 aromatic rings. The lowest BCUT2D eigenvalue weighted by molar-refractivity contribution is 0.640. The van der Waals surface area contributed by atoms with Gasteiger partial charge in [-0.1, -0.05) is 11.3 Å². The summed E-state index contributed by atoms with van der Waals surface area (Å²) in [6.45, 7) is 3.16. The van der Waals surface area contributed by atoms with E-state index in [4.69, 9.17) is 0 Å². The van der Waals surface area contributed by atoms with Gasteiger partial charge in [0.15, 0.2) is 0 Å². The minimum atomic E-state index is -0.153. The standard InChI is InChI=1S/C8H12N6OS/c1-3-9-7-12-11-6(16-7)4-14-8(15)13(2)5-10-14/h5H,3-4H2,1-2H3,(H,9,12). The van der Waals surface area contributed by atoms with E-state index in [1.807, 2.05) is 6.92 Å². The minimum absolute atomic E-state index is 0.153. The van der Waals surface area contributed by atoms with E-state index in [9.17, 15) is 4.79 Å².